The minimum absolute atomic E-state index is 0. The number of aromatic nitrogens is 2. The van der Waals surface area contributed by atoms with Crippen LogP contribution in [-0.2, 0) is 48.4 Å². The number of hydrogen-bond donors (Lipinski definition) is 2. The minimum Gasteiger partial charge on any atom is -0.490 e. The molecule has 2 heterocycles. The summed E-state index contributed by atoms with van der Waals surface area (Å²) in [6.45, 7) is 7.87. The van der Waals surface area contributed by atoms with E-state index in [2.05, 4.69) is 15.3 Å². The Hall–Kier alpha value is -2.47. The van der Waals surface area contributed by atoms with Gasteiger partial charge in [0.1, 0.15) is 0 Å². The van der Waals surface area contributed by atoms with E-state index in [-0.39, 0.29) is 69.9 Å². The maximum atomic E-state index is 13.5. The van der Waals surface area contributed by atoms with Gasteiger partial charge in [0, 0.05) is 45.2 Å². The molecule has 1 aliphatic heterocycles. The van der Waals surface area contributed by atoms with Gasteiger partial charge in [-0.1, -0.05) is 20.8 Å². The first-order valence-corrected chi connectivity index (χ1v) is 12.2. The Balaban J connectivity index is 0.00000235. The number of carbonyl (C=O) groups is 2. The molecule has 1 aromatic heterocycles. The number of alkyl halides is 3. The third kappa shape index (κ3) is 9.08. The number of hydrogen-bond acceptors (Lipinski definition) is 7. The summed E-state index contributed by atoms with van der Waals surface area (Å²) in [4.78, 5) is 33.0. The van der Waals surface area contributed by atoms with E-state index in [1.54, 1.807) is 6.92 Å². The van der Waals surface area contributed by atoms with E-state index in [0.717, 1.165) is 12.1 Å². The van der Waals surface area contributed by atoms with Crippen LogP contribution in [0.4, 0.5) is 29.6 Å². The third-order valence-electron chi connectivity index (χ3n) is 5.53. The van der Waals surface area contributed by atoms with Crippen LogP contribution in [0, 0.1) is 0 Å². The molecule has 1 amide bonds. The number of carboxylic acid groups (broad SMARTS) is 1. The quantitative estimate of drug-likeness (QED) is 0.328. The van der Waals surface area contributed by atoms with Gasteiger partial charge in [0.05, 0.1) is 42.9 Å². The number of carbonyl (C=O) groups excluding carboxylic acids is 1. The molecule has 13 heteroatoms. The summed E-state index contributed by atoms with van der Waals surface area (Å²) in [5, 5.41) is 11.7. The van der Waals surface area contributed by atoms with Crippen molar-refractivity contribution in [3.05, 3.63) is 41.7 Å². The van der Waals surface area contributed by atoms with E-state index in [0.29, 0.717) is 30.7 Å². The number of rotatable bonds is 9. The Labute approximate surface area is 245 Å². The fourth-order valence-corrected chi connectivity index (χ4v) is 3.89. The van der Waals surface area contributed by atoms with Gasteiger partial charge >= 0.3 is 18.2 Å². The Bertz CT molecular complexity index is 1040. The van der Waals surface area contributed by atoms with Gasteiger partial charge in [-0.25, -0.2) is 14.8 Å². The largest absolute Gasteiger partial charge is 0.490 e. The molecule has 207 valence electrons. The third-order valence-corrected chi connectivity index (χ3v) is 5.53. The molecule has 2 unspecified atom stereocenters. The first-order valence-electron chi connectivity index (χ1n) is 12.2. The van der Waals surface area contributed by atoms with E-state index in [4.69, 9.17) is 14.6 Å². The summed E-state index contributed by atoms with van der Waals surface area (Å²) in [5.74, 6) is -0.405. The first kappa shape index (κ1) is 33.6. The molecule has 0 saturated carbocycles. The second-order valence-corrected chi connectivity index (χ2v) is 7.92. The van der Waals surface area contributed by atoms with Crippen LogP contribution in [0.3, 0.4) is 0 Å². The average molecular weight is 615 g/mol. The number of nitrogens with zero attached hydrogens (tertiary/aromatic N) is 3. The van der Waals surface area contributed by atoms with Crippen LogP contribution in [0.15, 0.2) is 30.6 Å². The molecule has 3 rings (SSSR count). The molecule has 9 nitrogen and oxygen atoms in total. The normalized spacial score (nSPS) is 16.2. The van der Waals surface area contributed by atoms with E-state index < -0.39 is 29.8 Å². The molecule has 38 heavy (non-hydrogen) atoms. The number of fused-ring (bicyclic) bond motifs is 1. The Morgan fingerprint density at radius 1 is 1.18 bits per heavy atom. The Kier molecular flexibility index (Phi) is 14.0. The smallest absolute Gasteiger partial charge is 0.416 e. The van der Waals surface area contributed by atoms with Crippen LogP contribution in [0.5, 0.6) is 5.75 Å². The molecular formula is C25H33F3N4O5Y. The molecule has 1 aliphatic rings. The number of nitrogens with one attached hydrogen (secondary N) is 1. The van der Waals surface area contributed by atoms with Crippen LogP contribution in [0.1, 0.15) is 70.5 Å². The topological polar surface area (TPSA) is 114 Å². The van der Waals surface area contributed by atoms with Gasteiger partial charge in [0.2, 0.25) is 5.95 Å². The van der Waals surface area contributed by atoms with Crippen molar-refractivity contribution in [1.29, 1.82) is 0 Å². The summed E-state index contributed by atoms with van der Waals surface area (Å²) >= 11 is 0. The van der Waals surface area contributed by atoms with Crippen LogP contribution < -0.4 is 15.0 Å². The second kappa shape index (κ2) is 15.8. The van der Waals surface area contributed by atoms with E-state index >= 15 is 0 Å². The molecule has 1 radical (unpaired) electrons. The summed E-state index contributed by atoms with van der Waals surface area (Å²) in [6.07, 6.45) is -1.19. The number of anilines is 2. The zero-order valence-corrected chi connectivity index (χ0v) is 24.8. The van der Waals surface area contributed by atoms with Gasteiger partial charge in [-0.2, -0.15) is 13.2 Å². The van der Waals surface area contributed by atoms with Gasteiger partial charge in [-0.05, 0) is 49.9 Å². The van der Waals surface area contributed by atoms with Gasteiger partial charge in [-0.3, -0.25) is 9.69 Å². The number of amides is 1. The van der Waals surface area contributed by atoms with E-state index in [9.17, 15) is 22.8 Å². The van der Waals surface area contributed by atoms with Crippen LogP contribution >= 0.6 is 0 Å². The maximum absolute atomic E-state index is 13.5. The van der Waals surface area contributed by atoms with Gasteiger partial charge in [0.25, 0.3) is 0 Å². The summed E-state index contributed by atoms with van der Waals surface area (Å²) in [7, 11) is 0. The number of ether oxygens (including phenoxy) is 2. The maximum Gasteiger partial charge on any atom is 0.416 e. The Morgan fingerprint density at radius 2 is 1.84 bits per heavy atom. The van der Waals surface area contributed by atoms with Crippen molar-refractivity contribution in [2.24, 2.45) is 0 Å². The SMILES string of the molecule is CC.CCOC(=O)N1c2ccc(C(F)(F)F)cc2C(Nc2ncc(OCCCC(=O)O)cn2)CC1CC.[Y]. The van der Waals surface area contributed by atoms with Crippen molar-refractivity contribution >= 4 is 23.7 Å². The summed E-state index contributed by atoms with van der Waals surface area (Å²) in [6, 6.07) is 2.37. The number of benzene rings is 1. The predicted octanol–water partition coefficient (Wildman–Crippen LogP) is 6.06. The molecule has 0 fully saturated rings. The molecule has 2 N–H and O–H groups in total. The van der Waals surface area contributed by atoms with Crippen LogP contribution in [0.2, 0.25) is 0 Å². The van der Waals surface area contributed by atoms with Crippen molar-refractivity contribution in [1.82, 2.24) is 9.97 Å². The zero-order chi connectivity index (χ0) is 27.6. The molecule has 0 spiro atoms. The monoisotopic (exact) mass is 615 g/mol. The minimum atomic E-state index is -4.55. The molecule has 1 aromatic carbocycles. The molecule has 2 aromatic rings. The van der Waals surface area contributed by atoms with Gasteiger partial charge in [-0.15, -0.1) is 0 Å². The summed E-state index contributed by atoms with van der Waals surface area (Å²) in [5.41, 5.74) is -0.201. The molecule has 2 atom stereocenters. The number of halogens is 3. The molecular weight excluding hydrogens is 582 g/mol. The number of aliphatic carboxylic acids is 1. The molecule has 0 saturated heterocycles. The fraction of sp³-hybridized carbons (Fsp3) is 0.520. The van der Waals surface area contributed by atoms with Crippen molar-refractivity contribution < 1.29 is 70.0 Å². The van der Waals surface area contributed by atoms with Crippen molar-refractivity contribution in [3.63, 3.8) is 0 Å². The van der Waals surface area contributed by atoms with Gasteiger partial charge < -0.3 is 19.9 Å². The van der Waals surface area contributed by atoms with E-state index in [1.165, 1.54) is 23.4 Å². The van der Waals surface area contributed by atoms with Crippen molar-refractivity contribution in [2.45, 2.75) is 71.6 Å². The second-order valence-electron chi connectivity index (χ2n) is 7.92. The standard InChI is InChI=1S/C23H27F3N4O5.C2H6.Y/c1-3-15-11-18(29-21-27-12-16(13-28-21)35-9-5-6-20(31)32)17-10-14(23(24,25)26)7-8-19(17)30(15)22(33)34-4-2;1-2;/h7-8,10,12-13,15,18H,3-6,9,11H2,1-2H3,(H,31,32)(H,27,28,29);1-2H3;. The fourth-order valence-electron chi connectivity index (χ4n) is 3.89. The molecule has 0 aliphatic carbocycles. The van der Waals surface area contributed by atoms with E-state index in [1.807, 2.05) is 20.8 Å². The van der Waals surface area contributed by atoms with Crippen LogP contribution in [0.25, 0.3) is 0 Å². The molecule has 0 bridgehead atoms. The zero-order valence-electron chi connectivity index (χ0n) is 21.9. The first-order chi connectivity index (χ1) is 17.6. The Morgan fingerprint density at radius 3 is 2.39 bits per heavy atom. The summed E-state index contributed by atoms with van der Waals surface area (Å²) < 4.78 is 50.9. The number of carboxylic acids is 1. The average Bonchev–Trinajstić information content (AvgIpc) is 2.87. The van der Waals surface area contributed by atoms with Gasteiger partial charge in [0.15, 0.2) is 5.75 Å². The predicted molar refractivity (Wildman–Crippen MR) is 132 cm³/mol. The van der Waals surface area contributed by atoms with Crippen molar-refractivity contribution in [3.8, 4) is 5.75 Å². The van der Waals surface area contributed by atoms with Crippen LogP contribution in [-0.4, -0.2) is 46.4 Å². The van der Waals surface area contributed by atoms with Crippen molar-refractivity contribution in [2.75, 3.05) is 23.4 Å².